The van der Waals surface area contributed by atoms with Gasteiger partial charge >= 0.3 is 0 Å². The van der Waals surface area contributed by atoms with Crippen LogP contribution in [0.1, 0.15) is 13.3 Å². The van der Waals surface area contributed by atoms with E-state index in [4.69, 9.17) is 11.6 Å². The number of carbonyl (C=O) groups is 2. The van der Waals surface area contributed by atoms with Crippen molar-refractivity contribution in [1.82, 2.24) is 9.78 Å². The number of nitrogens with zero attached hydrogens (tertiary/aromatic N) is 3. The molecule has 2 aromatic rings. The van der Waals surface area contributed by atoms with Crippen molar-refractivity contribution in [2.24, 2.45) is 7.05 Å². The minimum Gasteiger partial charge on any atom is -0.372 e. The Labute approximate surface area is 144 Å². The first-order chi connectivity index (χ1) is 11.4. The van der Waals surface area contributed by atoms with E-state index < -0.39 is 0 Å². The van der Waals surface area contributed by atoms with Gasteiger partial charge in [0.2, 0.25) is 11.8 Å². The molecule has 1 atom stereocenters. The molecule has 2 N–H and O–H groups in total. The number of nitrogens with one attached hydrogen (secondary N) is 2. The number of hydrogen-bond donors (Lipinski definition) is 2. The highest BCUT2D eigenvalue weighted by atomic mass is 35.5. The molecule has 126 valence electrons. The third-order valence-electron chi connectivity index (χ3n) is 3.83. The van der Waals surface area contributed by atoms with E-state index in [2.05, 4.69) is 15.7 Å². The zero-order chi connectivity index (χ0) is 17.3. The van der Waals surface area contributed by atoms with Crippen LogP contribution < -0.4 is 15.5 Å². The molecule has 2 amide bonds. The Bertz CT molecular complexity index is 789. The smallest absolute Gasteiger partial charge is 0.249 e. The summed E-state index contributed by atoms with van der Waals surface area (Å²) in [4.78, 5) is 25.7. The number of amides is 2. The zero-order valence-corrected chi connectivity index (χ0v) is 14.2. The summed E-state index contributed by atoms with van der Waals surface area (Å²) in [7, 11) is 1.81. The third-order valence-corrected chi connectivity index (χ3v) is 4.07. The lowest BCUT2D eigenvalue weighted by Crippen LogP contribution is -2.33. The second kappa shape index (κ2) is 6.52. The maximum atomic E-state index is 12.6. The van der Waals surface area contributed by atoms with E-state index in [1.807, 2.05) is 13.2 Å². The average Bonchev–Trinajstić information content (AvgIpc) is 3.08. The molecule has 0 bridgehead atoms. The summed E-state index contributed by atoms with van der Waals surface area (Å²) in [5.41, 5.74) is 2.00. The molecule has 1 aromatic heterocycles. The molecular weight excluding hydrogens is 330 g/mol. The van der Waals surface area contributed by atoms with E-state index in [9.17, 15) is 9.59 Å². The fraction of sp³-hybridized carbons (Fsp3) is 0.312. The Morgan fingerprint density at radius 2 is 2.17 bits per heavy atom. The van der Waals surface area contributed by atoms with E-state index in [-0.39, 0.29) is 17.9 Å². The lowest BCUT2D eigenvalue weighted by molar-refractivity contribution is -0.117. The average molecular weight is 348 g/mol. The summed E-state index contributed by atoms with van der Waals surface area (Å²) in [5.74, 6) is -0.216. The van der Waals surface area contributed by atoms with Crippen molar-refractivity contribution >= 4 is 40.5 Å². The summed E-state index contributed by atoms with van der Waals surface area (Å²) in [6.45, 7) is 2.04. The van der Waals surface area contributed by atoms with Gasteiger partial charge in [-0.2, -0.15) is 5.10 Å². The minimum absolute atomic E-state index is 0.0308. The van der Waals surface area contributed by atoms with E-state index >= 15 is 0 Å². The first kappa shape index (κ1) is 16.3. The minimum atomic E-state index is -0.379. The zero-order valence-electron chi connectivity index (χ0n) is 13.4. The highest BCUT2D eigenvalue weighted by molar-refractivity contribution is 6.31. The summed E-state index contributed by atoms with van der Waals surface area (Å²) < 4.78 is 1.66. The summed E-state index contributed by atoms with van der Waals surface area (Å²) in [6.07, 6.45) is 4.13. The van der Waals surface area contributed by atoms with Crippen LogP contribution in [0.25, 0.3) is 0 Å². The summed E-state index contributed by atoms with van der Waals surface area (Å²) in [6, 6.07) is 4.73. The summed E-state index contributed by atoms with van der Waals surface area (Å²) in [5, 5.41) is 10.6. The number of aryl methyl sites for hydroxylation is 1. The molecule has 8 heteroatoms. The SMILES string of the molecule is CC(=O)Nc1ccc(Cl)cc1N[C@@H]1CCN(c2cnn(C)c2)C1=O. The topological polar surface area (TPSA) is 79.3 Å². The second-order valence-electron chi connectivity index (χ2n) is 5.72. The van der Waals surface area contributed by atoms with Crippen molar-refractivity contribution < 1.29 is 9.59 Å². The van der Waals surface area contributed by atoms with Gasteiger partial charge in [-0.1, -0.05) is 11.6 Å². The molecule has 1 fully saturated rings. The summed E-state index contributed by atoms with van der Waals surface area (Å²) >= 11 is 6.04. The van der Waals surface area contributed by atoms with Crippen LogP contribution in [0.15, 0.2) is 30.6 Å². The van der Waals surface area contributed by atoms with Crippen molar-refractivity contribution in [1.29, 1.82) is 0 Å². The quantitative estimate of drug-likeness (QED) is 0.889. The van der Waals surface area contributed by atoms with Crippen molar-refractivity contribution in [3.05, 3.63) is 35.6 Å². The van der Waals surface area contributed by atoms with Crippen molar-refractivity contribution in [2.45, 2.75) is 19.4 Å². The van der Waals surface area contributed by atoms with Crippen LogP contribution in [0.2, 0.25) is 5.02 Å². The molecule has 1 aromatic carbocycles. The molecule has 3 rings (SSSR count). The molecule has 2 heterocycles. The Kier molecular flexibility index (Phi) is 4.44. The van der Waals surface area contributed by atoms with Crippen LogP contribution in [0.5, 0.6) is 0 Å². The lowest BCUT2D eigenvalue weighted by atomic mass is 10.2. The molecule has 0 aliphatic carbocycles. The number of aromatic nitrogens is 2. The third kappa shape index (κ3) is 3.35. The number of halogens is 1. The Morgan fingerprint density at radius 3 is 2.83 bits per heavy atom. The monoisotopic (exact) mass is 347 g/mol. The van der Waals surface area contributed by atoms with Gasteiger partial charge in [-0.25, -0.2) is 0 Å². The van der Waals surface area contributed by atoms with Gasteiger partial charge < -0.3 is 15.5 Å². The number of carbonyl (C=O) groups excluding carboxylic acids is 2. The van der Waals surface area contributed by atoms with Gasteiger partial charge in [0, 0.05) is 31.7 Å². The van der Waals surface area contributed by atoms with Gasteiger partial charge in [0.05, 0.1) is 23.3 Å². The van der Waals surface area contributed by atoms with Crippen LogP contribution in [-0.2, 0) is 16.6 Å². The Balaban J connectivity index is 1.78. The molecule has 24 heavy (non-hydrogen) atoms. The highest BCUT2D eigenvalue weighted by Gasteiger charge is 2.33. The molecule has 0 radical (unpaired) electrons. The molecule has 1 aliphatic rings. The van der Waals surface area contributed by atoms with Gasteiger partial charge in [-0.15, -0.1) is 0 Å². The second-order valence-corrected chi connectivity index (χ2v) is 6.16. The first-order valence-corrected chi connectivity index (χ1v) is 7.95. The normalized spacial score (nSPS) is 17.2. The molecule has 0 unspecified atom stereocenters. The van der Waals surface area contributed by atoms with E-state index in [0.717, 1.165) is 5.69 Å². The number of benzene rings is 1. The van der Waals surface area contributed by atoms with E-state index in [0.29, 0.717) is 29.4 Å². The molecule has 0 spiro atoms. The number of hydrogen-bond acceptors (Lipinski definition) is 4. The lowest BCUT2D eigenvalue weighted by Gasteiger charge is -2.18. The van der Waals surface area contributed by atoms with Crippen LogP contribution in [-0.4, -0.2) is 34.2 Å². The Morgan fingerprint density at radius 1 is 1.38 bits per heavy atom. The molecule has 1 saturated heterocycles. The highest BCUT2D eigenvalue weighted by Crippen LogP contribution is 2.29. The molecule has 7 nitrogen and oxygen atoms in total. The first-order valence-electron chi connectivity index (χ1n) is 7.58. The molecule has 0 saturated carbocycles. The maximum absolute atomic E-state index is 12.6. The van der Waals surface area contributed by atoms with Gasteiger partial charge in [-0.3, -0.25) is 14.3 Å². The number of rotatable bonds is 4. The van der Waals surface area contributed by atoms with Gasteiger partial charge in [0.25, 0.3) is 0 Å². The molecule has 1 aliphatic heterocycles. The fourth-order valence-electron chi connectivity index (χ4n) is 2.74. The number of anilines is 3. The van der Waals surface area contributed by atoms with E-state index in [1.165, 1.54) is 6.92 Å². The van der Waals surface area contributed by atoms with Crippen molar-refractivity contribution in [3.63, 3.8) is 0 Å². The van der Waals surface area contributed by atoms with Crippen molar-refractivity contribution in [3.8, 4) is 0 Å². The Hall–Kier alpha value is -2.54. The van der Waals surface area contributed by atoms with Crippen LogP contribution in [0.4, 0.5) is 17.1 Å². The van der Waals surface area contributed by atoms with Crippen LogP contribution in [0.3, 0.4) is 0 Å². The van der Waals surface area contributed by atoms with Crippen molar-refractivity contribution in [2.75, 3.05) is 22.1 Å². The predicted octanol–water partition coefficient (Wildman–Crippen LogP) is 2.25. The van der Waals surface area contributed by atoms with Crippen LogP contribution in [0, 0.1) is 0 Å². The van der Waals surface area contributed by atoms with Gasteiger partial charge in [0.15, 0.2) is 0 Å². The maximum Gasteiger partial charge on any atom is 0.249 e. The predicted molar refractivity (Wildman–Crippen MR) is 93.3 cm³/mol. The van der Waals surface area contributed by atoms with Gasteiger partial charge in [0.1, 0.15) is 6.04 Å². The van der Waals surface area contributed by atoms with Gasteiger partial charge in [-0.05, 0) is 24.6 Å². The largest absolute Gasteiger partial charge is 0.372 e. The standard InChI is InChI=1S/C16H18ClN5O2/c1-10(23)19-13-4-3-11(17)7-15(13)20-14-5-6-22(16(14)24)12-8-18-21(2)9-12/h3-4,7-9,14,20H,5-6H2,1-2H3,(H,19,23)/t14-/m1/s1. The molecular formula is C16H18ClN5O2. The van der Waals surface area contributed by atoms with E-state index in [1.54, 1.807) is 34.0 Å². The van der Waals surface area contributed by atoms with Crippen LogP contribution >= 0.6 is 11.6 Å². The fourth-order valence-corrected chi connectivity index (χ4v) is 2.91.